The zero-order valence-corrected chi connectivity index (χ0v) is 14.4. The molecule has 124 valence electrons. The van der Waals surface area contributed by atoms with Crippen LogP contribution in [0.25, 0.3) is 0 Å². The number of nitrogens with zero attached hydrogens (tertiary/aromatic N) is 1. The maximum Gasteiger partial charge on any atom is 0.238 e. The Bertz CT molecular complexity index is 629. The summed E-state index contributed by atoms with van der Waals surface area (Å²) in [5.74, 6) is 0.796. The van der Waals surface area contributed by atoms with Crippen molar-refractivity contribution in [3.8, 4) is 5.75 Å². The van der Waals surface area contributed by atoms with Crippen LogP contribution in [0.15, 0.2) is 17.0 Å². The highest BCUT2D eigenvalue weighted by atomic mass is 32.2. The summed E-state index contributed by atoms with van der Waals surface area (Å²) in [5.41, 5.74) is 1.80. The summed E-state index contributed by atoms with van der Waals surface area (Å²) in [6.45, 7) is 5.66. The fourth-order valence-electron chi connectivity index (χ4n) is 3.23. The molecule has 0 radical (unpaired) electrons. The third kappa shape index (κ3) is 3.45. The molecule has 5 nitrogen and oxygen atoms in total. The van der Waals surface area contributed by atoms with Crippen LogP contribution < -0.4 is 9.88 Å². The molecule has 0 aliphatic carbocycles. The predicted octanol–water partition coefficient (Wildman–Crippen LogP) is 2.45. The van der Waals surface area contributed by atoms with Crippen LogP contribution in [0.1, 0.15) is 50.3 Å². The molecular formula is C16H26N2O3S. The molecule has 0 bridgehead atoms. The van der Waals surface area contributed by atoms with Crippen molar-refractivity contribution in [2.45, 2.75) is 50.5 Å². The number of nitrogens with two attached hydrogens (primary N) is 1. The van der Waals surface area contributed by atoms with Gasteiger partial charge >= 0.3 is 0 Å². The molecule has 1 saturated heterocycles. The molecule has 1 unspecified atom stereocenters. The maximum absolute atomic E-state index is 11.9. The molecule has 1 atom stereocenters. The van der Waals surface area contributed by atoms with Crippen LogP contribution in [0, 0.1) is 0 Å². The van der Waals surface area contributed by atoms with E-state index in [0.29, 0.717) is 13.0 Å². The van der Waals surface area contributed by atoms with Crippen LogP contribution in [-0.2, 0) is 16.4 Å². The molecule has 1 aromatic rings. The first-order chi connectivity index (χ1) is 10.4. The number of primary sulfonamides is 1. The number of rotatable bonds is 6. The van der Waals surface area contributed by atoms with Crippen LogP contribution in [-0.4, -0.2) is 33.5 Å². The van der Waals surface area contributed by atoms with Gasteiger partial charge in [-0.2, -0.15) is 0 Å². The number of likely N-dealkylation sites (tertiary alicyclic amines) is 1. The van der Waals surface area contributed by atoms with Gasteiger partial charge in [0, 0.05) is 11.6 Å². The Labute approximate surface area is 133 Å². The lowest BCUT2D eigenvalue weighted by molar-refractivity contribution is 0.281. The van der Waals surface area contributed by atoms with E-state index in [2.05, 4.69) is 18.9 Å². The standard InChI is InChI=1S/C16H26N2O3S/c1-4-11-21-14-8-9-15(22(17,19)20)12(5-2)16(14)13-7-6-10-18(13)3/h8-9,13H,4-7,10-11H2,1-3H3,(H2,17,19,20). The first-order valence-corrected chi connectivity index (χ1v) is 9.46. The predicted molar refractivity (Wildman–Crippen MR) is 87.6 cm³/mol. The van der Waals surface area contributed by atoms with Crippen molar-refractivity contribution in [3.05, 3.63) is 23.3 Å². The molecule has 0 aromatic heterocycles. The molecule has 1 aliphatic rings. The van der Waals surface area contributed by atoms with Crippen molar-refractivity contribution >= 4 is 10.0 Å². The van der Waals surface area contributed by atoms with Gasteiger partial charge in [0.1, 0.15) is 5.75 Å². The zero-order valence-electron chi connectivity index (χ0n) is 13.6. The summed E-state index contributed by atoms with van der Waals surface area (Å²) in [5, 5.41) is 5.40. The number of hydrogen-bond donors (Lipinski definition) is 1. The van der Waals surface area contributed by atoms with Crippen LogP contribution >= 0.6 is 0 Å². The van der Waals surface area contributed by atoms with E-state index in [9.17, 15) is 8.42 Å². The van der Waals surface area contributed by atoms with Crippen LogP contribution in [0.4, 0.5) is 0 Å². The van der Waals surface area contributed by atoms with E-state index in [1.165, 1.54) is 0 Å². The molecule has 1 aromatic carbocycles. The van der Waals surface area contributed by atoms with E-state index in [1.807, 2.05) is 6.92 Å². The number of sulfonamides is 1. The quantitative estimate of drug-likeness (QED) is 0.871. The molecule has 1 heterocycles. The van der Waals surface area contributed by atoms with Gasteiger partial charge < -0.3 is 4.74 Å². The van der Waals surface area contributed by atoms with Gasteiger partial charge in [-0.15, -0.1) is 0 Å². The van der Waals surface area contributed by atoms with Gasteiger partial charge in [0.15, 0.2) is 0 Å². The highest BCUT2D eigenvalue weighted by Crippen LogP contribution is 2.40. The molecular weight excluding hydrogens is 300 g/mol. The molecule has 6 heteroatoms. The van der Waals surface area contributed by atoms with E-state index < -0.39 is 10.0 Å². The van der Waals surface area contributed by atoms with Crippen LogP contribution in [0.2, 0.25) is 0 Å². The minimum atomic E-state index is -3.73. The van der Waals surface area contributed by atoms with E-state index in [0.717, 1.165) is 42.7 Å². The molecule has 1 fully saturated rings. The summed E-state index contributed by atoms with van der Waals surface area (Å²) < 4.78 is 29.7. The summed E-state index contributed by atoms with van der Waals surface area (Å²) in [6.07, 6.45) is 3.66. The van der Waals surface area contributed by atoms with Crippen molar-refractivity contribution in [3.63, 3.8) is 0 Å². The van der Waals surface area contributed by atoms with Gasteiger partial charge in [0.2, 0.25) is 10.0 Å². The molecule has 0 spiro atoms. The average Bonchev–Trinajstić information content (AvgIpc) is 2.88. The Morgan fingerprint density at radius 3 is 2.59 bits per heavy atom. The van der Waals surface area contributed by atoms with Crippen molar-refractivity contribution < 1.29 is 13.2 Å². The first-order valence-electron chi connectivity index (χ1n) is 7.91. The highest BCUT2D eigenvalue weighted by molar-refractivity contribution is 7.89. The van der Waals surface area contributed by atoms with Crippen molar-refractivity contribution in [2.75, 3.05) is 20.2 Å². The van der Waals surface area contributed by atoms with E-state index in [-0.39, 0.29) is 10.9 Å². The number of hydrogen-bond acceptors (Lipinski definition) is 4. The van der Waals surface area contributed by atoms with Crippen LogP contribution in [0.5, 0.6) is 5.75 Å². The zero-order chi connectivity index (χ0) is 16.3. The lowest BCUT2D eigenvalue weighted by atomic mass is 9.95. The van der Waals surface area contributed by atoms with Crippen molar-refractivity contribution in [1.82, 2.24) is 4.90 Å². The van der Waals surface area contributed by atoms with E-state index >= 15 is 0 Å². The van der Waals surface area contributed by atoms with Gasteiger partial charge in [-0.3, -0.25) is 4.90 Å². The molecule has 0 saturated carbocycles. The maximum atomic E-state index is 11.9. The smallest absolute Gasteiger partial charge is 0.238 e. The number of benzene rings is 1. The second-order valence-corrected chi connectivity index (χ2v) is 7.37. The third-order valence-corrected chi connectivity index (χ3v) is 5.25. The van der Waals surface area contributed by atoms with Crippen LogP contribution in [0.3, 0.4) is 0 Å². The minimum Gasteiger partial charge on any atom is -0.493 e. The summed E-state index contributed by atoms with van der Waals surface area (Å²) in [7, 11) is -1.65. The van der Waals surface area contributed by atoms with Gasteiger partial charge in [-0.05, 0) is 57.0 Å². The summed E-state index contributed by atoms with van der Waals surface area (Å²) in [4.78, 5) is 2.49. The Morgan fingerprint density at radius 2 is 2.09 bits per heavy atom. The molecule has 2 rings (SSSR count). The highest BCUT2D eigenvalue weighted by Gasteiger charge is 2.30. The second-order valence-electron chi connectivity index (χ2n) is 5.84. The monoisotopic (exact) mass is 326 g/mol. The first kappa shape index (κ1) is 17.2. The van der Waals surface area contributed by atoms with Crippen molar-refractivity contribution in [2.24, 2.45) is 5.14 Å². The third-order valence-electron chi connectivity index (χ3n) is 4.25. The van der Waals surface area contributed by atoms with E-state index in [4.69, 9.17) is 9.88 Å². The molecule has 22 heavy (non-hydrogen) atoms. The molecule has 2 N–H and O–H groups in total. The summed E-state index contributed by atoms with van der Waals surface area (Å²) in [6, 6.07) is 3.54. The van der Waals surface area contributed by atoms with Crippen molar-refractivity contribution in [1.29, 1.82) is 0 Å². The average molecular weight is 326 g/mol. The Balaban J connectivity index is 2.61. The SMILES string of the molecule is CCCOc1ccc(S(N)(=O)=O)c(CC)c1C1CCCN1C. The fourth-order valence-corrected chi connectivity index (χ4v) is 4.09. The summed E-state index contributed by atoms with van der Waals surface area (Å²) >= 11 is 0. The van der Waals surface area contributed by atoms with Gasteiger partial charge in [-0.25, -0.2) is 13.6 Å². The Hall–Kier alpha value is -1.11. The Morgan fingerprint density at radius 1 is 1.36 bits per heavy atom. The molecule has 0 amide bonds. The topological polar surface area (TPSA) is 72.6 Å². The minimum absolute atomic E-state index is 0.198. The normalized spacial score (nSPS) is 19.5. The number of ether oxygens (including phenoxy) is 1. The van der Waals surface area contributed by atoms with Gasteiger partial charge in [-0.1, -0.05) is 13.8 Å². The Kier molecular flexibility index (Phi) is 5.47. The van der Waals surface area contributed by atoms with Gasteiger partial charge in [0.25, 0.3) is 0 Å². The molecule has 1 aliphatic heterocycles. The lowest BCUT2D eigenvalue weighted by Crippen LogP contribution is -2.22. The fraction of sp³-hybridized carbons (Fsp3) is 0.625. The van der Waals surface area contributed by atoms with E-state index in [1.54, 1.807) is 12.1 Å². The lowest BCUT2D eigenvalue weighted by Gasteiger charge is -2.26. The van der Waals surface area contributed by atoms with Gasteiger partial charge in [0.05, 0.1) is 11.5 Å². The second kappa shape index (κ2) is 6.98. The largest absolute Gasteiger partial charge is 0.493 e.